The van der Waals surface area contributed by atoms with Crippen LogP contribution in [0.4, 0.5) is 22.0 Å². The second-order valence-corrected chi connectivity index (χ2v) is 4.95. The van der Waals surface area contributed by atoms with E-state index in [1.54, 1.807) is 0 Å². The summed E-state index contributed by atoms with van der Waals surface area (Å²) < 4.78 is 61.8. The largest absolute Gasteiger partial charge is 0.463 e. The Balaban J connectivity index is 2.66. The lowest BCUT2D eigenvalue weighted by Crippen LogP contribution is -2.54. The van der Waals surface area contributed by atoms with Gasteiger partial charge < -0.3 is 4.90 Å². The molecule has 0 aromatic rings. The molecule has 0 radical (unpaired) electrons. The highest BCUT2D eigenvalue weighted by atomic mass is 19.4. The maximum absolute atomic E-state index is 12.8. The van der Waals surface area contributed by atoms with Gasteiger partial charge in [-0.3, -0.25) is 4.79 Å². The van der Waals surface area contributed by atoms with Crippen LogP contribution in [0.1, 0.15) is 26.7 Å². The minimum Gasteiger partial charge on any atom is -0.337 e. The first kappa shape index (κ1) is 15.2. The second-order valence-electron chi connectivity index (χ2n) is 4.95. The number of rotatable bonds is 2. The SMILES string of the molecule is CC(C)C1CCN(C(=O)C(F)(F)C(F)(F)F)CC1. The van der Waals surface area contributed by atoms with Crippen molar-refractivity contribution in [3.63, 3.8) is 0 Å². The highest BCUT2D eigenvalue weighted by Crippen LogP contribution is 2.38. The molecular formula is C11H16F5NO. The molecule has 0 spiro atoms. The third-order valence-electron chi connectivity index (χ3n) is 3.39. The number of alkyl halides is 5. The van der Waals surface area contributed by atoms with Gasteiger partial charge in [-0.25, -0.2) is 0 Å². The van der Waals surface area contributed by atoms with Crippen LogP contribution < -0.4 is 0 Å². The van der Waals surface area contributed by atoms with Gasteiger partial charge in [0.25, 0.3) is 0 Å². The molecule has 106 valence electrons. The van der Waals surface area contributed by atoms with Crippen molar-refractivity contribution >= 4 is 5.91 Å². The standard InChI is InChI=1S/C11H16F5NO/c1-7(2)8-3-5-17(6-4-8)9(18)10(12,13)11(14,15)16/h7-8H,3-6H2,1-2H3. The van der Waals surface area contributed by atoms with Crippen molar-refractivity contribution < 1.29 is 26.7 Å². The quantitative estimate of drug-likeness (QED) is 0.708. The summed E-state index contributed by atoms with van der Waals surface area (Å²) in [5.74, 6) is -6.80. The maximum atomic E-state index is 12.8. The lowest BCUT2D eigenvalue weighted by atomic mass is 9.86. The van der Waals surface area contributed by atoms with Crippen molar-refractivity contribution in [1.29, 1.82) is 0 Å². The summed E-state index contributed by atoms with van der Waals surface area (Å²) in [5, 5.41) is 0. The van der Waals surface area contributed by atoms with Gasteiger partial charge in [-0.1, -0.05) is 13.8 Å². The van der Waals surface area contributed by atoms with Gasteiger partial charge in [0.05, 0.1) is 0 Å². The van der Waals surface area contributed by atoms with Crippen molar-refractivity contribution in [2.45, 2.75) is 38.8 Å². The van der Waals surface area contributed by atoms with Crippen molar-refractivity contribution in [3.05, 3.63) is 0 Å². The zero-order valence-electron chi connectivity index (χ0n) is 10.2. The van der Waals surface area contributed by atoms with Crippen LogP contribution >= 0.6 is 0 Å². The van der Waals surface area contributed by atoms with Crippen LogP contribution in [0.5, 0.6) is 0 Å². The number of halogens is 5. The summed E-state index contributed by atoms with van der Waals surface area (Å²) in [6, 6.07) is 0. The molecule has 0 saturated carbocycles. The lowest BCUT2D eigenvalue weighted by Gasteiger charge is -2.35. The minimum atomic E-state index is -5.82. The molecule has 1 aliphatic heterocycles. The normalized spacial score (nSPS) is 19.4. The maximum Gasteiger partial charge on any atom is 0.463 e. The predicted octanol–water partition coefficient (Wildman–Crippen LogP) is 3.08. The van der Waals surface area contributed by atoms with Gasteiger partial charge in [-0.05, 0) is 24.7 Å². The molecule has 1 aliphatic rings. The molecule has 1 saturated heterocycles. The van der Waals surface area contributed by atoms with Crippen LogP contribution in [0, 0.1) is 11.8 Å². The van der Waals surface area contributed by atoms with Crippen LogP contribution in [0.25, 0.3) is 0 Å². The van der Waals surface area contributed by atoms with E-state index in [1.807, 2.05) is 13.8 Å². The molecule has 0 aliphatic carbocycles. The van der Waals surface area contributed by atoms with E-state index < -0.39 is 18.0 Å². The van der Waals surface area contributed by atoms with Crippen LogP contribution in [0.3, 0.4) is 0 Å². The third kappa shape index (κ3) is 2.92. The summed E-state index contributed by atoms with van der Waals surface area (Å²) in [7, 11) is 0. The van der Waals surface area contributed by atoms with Crippen molar-refractivity contribution in [2.24, 2.45) is 11.8 Å². The summed E-state index contributed by atoms with van der Waals surface area (Å²) in [5.41, 5.74) is 0. The van der Waals surface area contributed by atoms with Gasteiger partial charge >= 0.3 is 18.0 Å². The molecule has 7 heteroatoms. The van der Waals surface area contributed by atoms with Gasteiger partial charge in [0.15, 0.2) is 0 Å². The monoisotopic (exact) mass is 273 g/mol. The average Bonchev–Trinajstić information content (AvgIpc) is 2.26. The van der Waals surface area contributed by atoms with Crippen LogP contribution in [-0.2, 0) is 4.79 Å². The number of hydrogen-bond donors (Lipinski definition) is 0. The van der Waals surface area contributed by atoms with E-state index in [1.165, 1.54) is 0 Å². The van der Waals surface area contributed by atoms with Crippen LogP contribution in [0.15, 0.2) is 0 Å². The summed E-state index contributed by atoms with van der Waals surface area (Å²) in [6.07, 6.45) is -4.88. The fourth-order valence-corrected chi connectivity index (χ4v) is 2.09. The number of likely N-dealkylation sites (tertiary alicyclic amines) is 1. The first-order valence-corrected chi connectivity index (χ1v) is 5.81. The molecule has 18 heavy (non-hydrogen) atoms. The Morgan fingerprint density at radius 3 is 1.89 bits per heavy atom. The summed E-state index contributed by atoms with van der Waals surface area (Å²) >= 11 is 0. The molecular weight excluding hydrogens is 257 g/mol. The molecule has 1 amide bonds. The molecule has 0 aromatic carbocycles. The Labute approximate surface area is 102 Å². The highest BCUT2D eigenvalue weighted by molar-refractivity contribution is 5.84. The zero-order valence-corrected chi connectivity index (χ0v) is 10.2. The van der Waals surface area contributed by atoms with Gasteiger partial charge in [0.2, 0.25) is 0 Å². The Morgan fingerprint density at radius 1 is 1.11 bits per heavy atom. The fourth-order valence-electron chi connectivity index (χ4n) is 2.09. The molecule has 1 heterocycles. The number of nitrogens with zero attached hydrogens (tertiary/aromatic N) is 1. The van der Waals surface area contributed by atoms with E-state index in [4.69, 9.17) is 0 Å². The Bertz CT molecular complexity index is 305. The van der Waals surface area contributed by atoms with Crippen molar-refractivity contribution in [2.75, 3.05) is 13.1 Å². The van der Waals surface area contributed by atoms with Crippen molar-refractivity contribution in [1.82, 2.24) is 4.90 Å². The van der Waals surface area contributed by atoms with Gasteiger partial charge in [-0.2, -0.15) is 22.0 Å². The number of carbonyl (C=O) groups is 1. The smallest absolute Gasteiger partial charge is 0.337 e. The minimum absolute atomic E-state index is 0.0344. The van der Waals surface area contributed by atoms with E-state index in [0.29, 0.717) is 23.7 Å². The third-order valence-corrected chi connectivity index (χ3v) is 3.39. The molecule has 0 atom stereocenters. The molecule has 1 rings (SSSR count). The van der Waals surface area contributed by atoms with E-state index in [9.17, 15) is 26.7 Å². The number of piperidine rings is 1. The molecule has 0 aromatic heterocycles. The van der Waals surface area contributed by atoms with Crippen LogP contribution in [-0.4, -0.2) is 36.0 Å². The van der Waals surface area contributed by atoms with E-state index >= 15 is 0 Å². The first-order chi connectivity index (χ1) is 8.07. The fraction of sp³-hybridized carbons (Fsp3) is 0.909. The number of carbonyl (C=O) groups excluding carboxylic acids is 1. The Morgan fingerprint density at radius 2 is 1.56 bits per heavy atom. The van der Waals surface area contributed by atoms with Gasteiger partial charge in [0, 0.05) is 13.1 Å². The topological polar surface area (TPSA) is 20.3 Å². The molecule has 0 N–H and O–H groups in total. The molecule has 0 unspecified atom stereocenters. The van der Waals surface area contributed by atoms with Gasteiger partial charge in [-0.15, -0.1) is 0 Å². The average molecular weight is 273 g/mol. The Hall–Kier alpha value is -0.880. The zero-order chi connectivity index (χ0) is 14.1. The second kappa shape index (κ2) is 5.01. The van der Waals surface area contributed by atoms with E-state index in [0.717, 1.165) is 0 Å². The number of hydrogen-bond acceptors (Lipinski definition) is 1. The number of amides is 1. The van der Waals surface area contributed by atoms with Crippen LogP contribution in [0.2, 0.25) is 0 Å². The highest BCUT2D eigenvalue weighted by Gasteiger charge is 2.64. The lowest BCUT2D eigenvalue weighted by molar-refractivity contribution is -0.274. The summed E-state index contributed by atoms with van der Waals surface area (Å²) in [4.78, 5) is 11.8. The molecule has 0 bridgehead atoms. The van der Waals surface area contributed by atoms with Crippen molar-refractivity contribution in [3.8, 4) is 0 Å². The van der Waals surface area contributed by atoms with E-state index in [-0.39, 0.29) is 19.0 Å². The predicted molar refractivity (Wildman–Crippen MR) is 55.1 cm³/mol. The van der Waals surface area contributed by atoms with E-state index in [2.05, 4.69) is 0 Å². The summed E-state index contributed by atoms with van der Waals surface area (Å²) in [6.45, 7) is 3.86. The Kier molecular flexibility index (Phi) is 4.23. The molecule has 2 nitrogen and oxygen atoms in total. The molecule has 1 fully saturated rings. The first-order valence-electron chi connectivity index (χ1n) is 5.81. The van der Waals surface area contributed by atoms with Gasteiger partial charge in [0.1, 0.15) is 0 Å².